The summed E-state index contributed by atoms with van der Waals surface area (Å²) < 4.78 is 21.9. The standard InChI is InChI=1S/C35H46O7/c1-3-33(36)40-25-10-6-7-11-34(37)41-26-9-5-4-8-24-39-31-20-16-28(17-21-31)29-18-22-32(23-19-29)42-35(38)30-14-12-27(2)13-15-30/h3,12-15,18-19,22-23,28,31H,1,4-11,16-17,20-21,24-26H2,2H3. The topological polar surface area (TPSA) is 88.1 Å². The first-order valence-corrected chi connectivity index (χ1v) is 15.4. The molecule has 1 saturated carbocycles. The molecule has 42 heavy (non-hydrogen) atoms. The number of ether oxygens (including phenoxy) is 4. The molecule has 0 saturated heterocycles. The van der Waals surface area contributed by atoms with Crippen molar-refractivity contribution in [3.63, 3.8) is 0 Å². The van der Waals surface area contributed by atoms with Gasteiger partial charge in [-0.1, -0.05) is 42.8 Å². The largest absolute Gasteiger partial charge is 0.466 e. The second-order valence-corrected chi connectivity index (χ2v) is 11.0. The second-order valence-electron chi connectivity index (χ2n) is 11.0. The molecule has 0 N–H and O–H groups in total. The van der Waals surface area contributed by atoms with Gasteiger partial charge in [0.05, 0.1) is 24.9 Å². The molecule has 0 amide bonds. The van der Waals surface area contributed by atoms with Crippen LogP contribution in [0.5, 0.6) is 5.75 Å². The average molecular weight is 579 g/mol. The zero-order valence-electron chi connectivity index (χ0n) is 25.0. The number of carbonyl (C=O) groups excluding carboxylic acids is 3. The van der Waals surface area contributed by atoms with E-state index in [0.717, 1.165) is 88.9 Å². The van der Waals surface area contributed by atoms with Crippen molar-refractivity contribution in [3.05, 3.63) is 77.9 Å². The van der Waals surface area contributed by atoms with Crippen LogP contribution in [-0.2, 0) is 23.8 Å². The second kappa shape index (κ2) is 18.9. The van der Waals surface area contributed by atoms with Crippen LogP contribution in [0.4, 0.5) is 0 Å². The Bertz CT molecular complexity index is 1100. The van der Waals surface area contributed by atoms with Crippen LogP contribution in [0.3, 0.4) is 0 Å². The molecule has 1 aliphatic carbocycles. The summed E-state index contributed by atoms with van der Waals surface area (Å²) in [5.41, 5.74) is 2.95. The maximum Gasteiger partial charge on any atom is 0.343 e. The van der Waals surface area contributed by atoms with Gasteiger partial charge in [0.25, 0.3) is 0 Å². The minimum atomic E-state index is -0.413. The van der Waals surface area contributed by atoms with Gasteiger partial charge in [0, 0.05) is 19.1 Å². The Morgan fingerprint density at radius 1 is 0.762 bits per heavy atom. The number of carbonyl (C=O) groups is 3. The number of hydrogen-bond donors (Lipinski definition) is 0. The van der Waals surface area contributed by atoms with E-state index < -0.39 is 5.97 Å². The van der Waals surface area contributed by atoms with Crippen molar-refractivity contribution < 1.29 is 33.3 Å². The third-order valence-electron chi connectivity index (χ3n) is 7.62. The number of aryl methyl sites for hydroxylation is 1. The van der Waals surface area contributed by atoms with Crippen molar-refractivity contribution in [1.29, 1.82) is 0 Å². The summed E-state index contributed by atoms with van der Waals surface area (Å²) in [5.74, 6) is 0.168. The summed E-state index contributed by atoms with van der Waals surface area (Å²) >= 11 is 0. The Balaban J connectivity index is 1.17. The van der Waals surface area contributed by atoms with Gasteiger partial charge in [0.1, 0.15) is 5.75 Å². The quantitative estimate of drug-likeness (QED) is 0.0777. The molecular formula is C35H46O7. The Morgan fingerprint density at radius 2 is 1.38 bits per heavy atom. The molecule has 0 atom stereocenters. The molecule has 7 heteroatoms. The van der Waals surface area contributed by atoms with E-state index in [1.807, 2.05) is 31.2 Å². The smallest absolute Gasteiger partial charge is 0.343 e. The minimum Gasteiger partial charge on any atom is -0.466 e. The highest BCUT2D eigenvalue weighted by Crippen LogP contribution is 2.34. The highest BCUT2D eigenvalue weighted by Gasteiger charge is 2.23. The van der Waals surface area contributed by atoms with Crippen LogP contribution in [0.2, 0.25) is 0 Å². The fourth-order valence-electron chi connectivity index (χ4n) is 5.07. The Hall–Kier alpha value is -3.45. The summed E-state index contributed by atoms with van der Waals surface area (Å²) in [6.07, 6.45) is 12.5. The van der Waals surface area contributed by atoms with Crippen molar-refractivity contribution in [1.82, 2.24) is 0 Å². The zero-order chi connectivity index (χ0) is 30.0. The third kappa shape index (κ3) is 12.6. The van der Waals surface area contributed by atoms with Crippen LogP contribution < -0.4 is 4.74 Å². The van der Waals surface area contributed by atoms with E-state index in [4.69, 9.17) is 18.9 Å². The predicted molar refractivity (Wildman–Crippen MR) is 163 cm³/mol. The molecular weight excluding hydrogens is 532 g/mol. The van der Waals surface area contributed by atoms with Crippen molar-refractivity contribution in [3.8, 4) is 5.75 Å². The normalized spacial score (nSPS) is 16.4. The summed E-state index contributed by atoms with van der Waals surface area (Å²) in [6.45, 7) is 6.94. The van der Waals surface area contributed by atoms with Crippen molar-refractivity contribution in [2.45, 2.75) is 96.0 Å². The van der Waals surface area contributed by atoms with Crippen molar-refractivity contribution in [2.75, 3.05) is 19.8 Å². The van der Waals surface area contributed by atoms with E-state index in [1.165, 1.54) is 5.56 Å². The lowest BCUT2D eigenvalue weighted by Crippen LogP contribution is -2.21. The minimum absolute atomic E-state index is 0.158. The molecule has 0 heterocycles. The zero-order valence-corrected chi connectivity index (χ0v) is 25.0. The van der Waals surface area contributed by atoms with Gasteiger partial charge in [-0.25, -0.2) is 9.59 Å². The van der Waals surface area contributed by atoms with Crippen LogP contribution in [0, 0.1) is 6.92 Å². The van der Waals surface area contributed by atoms with E-state index in [2.05, 4.69) is 18.7 Å². The van der Waals surface area contributed by atoms with Crippen molar-refractivity contribution >= 4 is 17.9 Å². The van der Waals surface area contributed by atoms with Gasteiger partial charge in [-0.3, -0.25) is 4.79 Å². The maximum atomic E-state index is 12.4. The first-order chi connectivity index (χ1) is 20.4. The predicted octanol–water partition coefficient (Wildman–Crippen LogP) is 7.65. The van der Waals surface area contributed by atoms with Crippen LogP contribution in [0.15, 0.2) is 61.2 Å². The SMILES string of the molecule is C=CC(=O)OCCCCCC(=O)OCCCCCCOC1CCC(c2ccc(OC(=O)c3ccc(C)cc3)cc2)CC1. The Morgan fingerprint density at radius 3 is 2.05 bits per heavy atom. The highest BCUT2D eigenvalue weighted by atomic mass is 16.5. The molecule has 7 nitrogen and oxygen atoms in total. The fourth-order valence-corrected chi connectivity index (χ4v) is 5.07. The molecule has 1 fully saturated rings. The van der Waals surface area contributed by atoms with Gasteiger partial charge < -0.3 is 18.9 Å². The Labute approximate surface area is 250 Å². The van der Waals surface area contributed by atoms with Crippen molar-refractivity contribution in [2.24, 2.45) is 0 Å². The summed E-state index contributed by atoms with van der Waals surface area (Å²) in [6, 6.07) is 15.3. The molecule has 2 aromatic rings. The molecule has 0 aliphatic heterocycles. The van der Waals surface area contributed by atoms with E-state index in [0.29, 0.717) is 43.0 Å². The number of unbranched alkanes of at least 4 members (excludes halogenated alkanes) is 5. The first kappa shape index (κ1) is 33.1. The summed E-state index contributed by atoms with van der Waals surface area (Å²) in [4.78, 5) is 35.1. The van der Waals surface area contributed by atoms with Gasteiger partial charge in [0.2, 0.25) is 0 Å². The van der Waals surface area contributed by atoms with Gasteiger partial charge in [-0.2, -0.15) is 0 Å². The van der Waals surface area contributed by atoms with E-state index in [1.54, 1.807) is 12.1 Å². The Kier molecular flexibility index (Phi) is 14.9. The lowest BCUT2D eigenvalue weighted by Gasteiger charge is -2.29. The van der Waals surface area contributed by atoms with Gasteiger partial charge >= 0.3 is 17.9 Å². The van der Waals surface area contributed by atoms with E-state index >= 15 is 0 Å². The van der Waals surface area contributed by atoms with E-state index in [9.17, 15) is 14.4 Å². The molecule has 3 rings (SSSR count). The molecule has 0 bridgehead atoms. The molecule has 1 aliphatic rings. The monoisotopic (exact) mass is 578 g/mol. The first-order valence-electron chi connectivity index (χ1n) is 15.4. The molecule has 0 spiro atoms. The molecule has 0 radical (unpaired) electrons. The highest BCUT2D eigenvalue weighted by molar-refractivity contribution is 5.91. The van der Waals surface area contributed by atoms with Crippen LogP contribution in [0.1, 0.15) is 104 Å². The maximum absolute atomic E-state index is 12.4. The third-order valence-corrected chi connectivity index (χ3v) is 7.62. The molecule has 0 unspecified atom stereocenters. The van der Waals surface area contributed by atoms with E-state index in [-0.39, 0.29) is 11.9 Å². The summed E-state index contributed by atoms with van der Waals surface area (Å²) in [5, 5.41) is 0. The fraction of sp³-hybridized carbons (Fsp3) is 0.514. The van der Waals surface area contributed by atoms with Gasteiger partial charge in [-0.15, -0.1) is 0 Å². The van der Waals surface area contributed by atoms with Crippen LogP contribution >= 0.6 is 0 Å². The van der Waals surface area contributed by atoms with Crippen LogP contribution in [0.25, 0.3) is 0 Å². The number of esters is 3. The van der Waals surface area contributed by atoms with Gasteiger partial charge in [-0.05, 0) is 107 Å². The van der Waals surface area contributed by atoms with Crippen LogP contribution in [-0.4, -0.2) is 43.8 Å². The lowest BCUT2D eigenvalue weighted by molar-refractivity contribution is -0.144. The number of rotatable bonds is 18. The number of benzene rings is 2. The average Bonchev–Trinajstić information content (AvgIpc) is 3.01. The number of hydrogen-bond acceptors (Lipinski definition) is 7. The van der Waals surface area contributed by atoms with Gasteiger partial charge in [0.15, 0.2) is 0 Å². The molecule has 228 valence electrons. The molecule has 2 aromatic carbocycles. The lowest BCUT2D eigenvalue weighted by atomic mass is 9.83. The summed E-state index contributed by atoms with van der Waals surface area (Å²) in [7, 11) is 0. The molecule has 0 aromatic heterocycles.